The van der Waals surface area contributed by atoms with Crippen LogP contribution in [-0.2, 0) is 0 Å². The van der Waals surface area contributed by atoms with E-state index in [0.717, 1.165) is 25.2 Å². The van der Waals surface area contributed by atoms with Crippen LogP contribution in [0.3, 0.4) is 0 Å². The van der Waals surface area contributed by atoms with Gasteiger partial charge in [-0.1, -0.05) is 29.3 Å². The highest BCUT2D eigenvalue weighted by Crippen LogP contribution is 2.37. The standard InChI is InChI=1S/C11H14Cl2N2O/c1-16-9-3-2-7(10(12)11(9)13)8-6-14-4-5-15-8/h2-3,8,14-15H,4-6H2,1H3. The quantitative estimate of drug-likeness (QED) is 0.856. The maximum Gasteiger partial charge on any atom is 0.139 e. The van der Waals surface area contributed by atoms with Gasteiger partial charge in [-0.3, -0.25) is 0 Å². The Bertz CT molecular complexity index is 378. The van der Waals surface area contributed by atoms with E-state index in [1.165, 1.54) is 0 Å². The minimum absolute atomic E-state index is 0.213. The molecule has 2 N–H and O–H groups in total. The summed E-state index contributed by atoms with van der Waals surface area (Å²) in [6, 6.07) is 4.02. The van der Waals surface area contributed by atoms with Crippen molar-refractivity contribution in [1.82, 2.24) is 10.6 Å². The minimum atomic E-state index is 0.213. The maximum absolute atomic E-state index is 6.23. The van der Waals surface area contributed by atoms with Crippen molar-refractivity contribution in [3.05, 3.63) is 27.7 Å². The summed E-state index contributed by atoms with van der Waals surface area (Å²) in [6.45, 7) is 2.78. The summed E-state index contributed by atoms with van der Waals surface area (Å²) in [5.74, 6) is 0.610. The van der Waals surface area contributed by atoms with Gasteiger partial charge in [-0.2, -0.15) is 0 Å². The van der Waals surface area contributed by atoms with Gasteiger partial charge in [-0.25, -0.2) is 0 Å². The Morgan fingerprint density at radius 2 is 2.06 bits per heavy atom. The van der Waals surface area contributed by atoms with Crippen LogP contribution < -0.4 is 15.4 Å². The highest BCUT2D eigenvalue weighted by Gasteiger charge is 2.19. The van der Waals surface area contributed by atoms with Crippen LogP contribution in [0.2, 0.25) is 10.0 Å². The van der Waals surface area contributed by atoms with Gasteiger partial charge in [0.2, 0.25) is 0 Å². The Labute approximate surface area is 105 Å². The topological polar surface area (TPSA) is 33.3 Å². The number of hydrogen-bond acceptors (Lipinski definition) is 3. The van der Waals surface area contributed by atoms with E-state index in [1.807, 2.05) is 12.1 Å². The first-order valence-corrected chi connectivity index (χ1v) is 5.95. The highest BCUT2D eigenvalue weighted by atomic mass is 35.5. The van der Waals surface area contributed by atoms with Crippen LogP contribution in [-0.4, -0.2) is 26.7 Å². The molecule has 1 atom stereocenters. The molecule has 16 heavy (non-hydrogen) atoms. The van der Waals surface area contributed by atoms with E-state index in [-0.39, 0.29) is 6.04 Å². The first-order chi connectivity index (χ1) is 7.74. The first kappa shape index (κ1) is 12.0. The van der Waals surface area contributed by atoms with Gasteiger partial charge in [0.1, 0.15) is 10.8 Å². The molecular formula is C11H14Cl2N2O. The van der Waals surface area contributed by atoms with Crippen LogP contribution in [0.4, 0.5) is 0 Å². The Kier molecular flexibility index (Phi) is 3.92. The number of piperazine rings is 1. The molecule has 1 fully saturated rings. The van der Waals surface area contributed by atoms with Crippen molar-refractivity contribution in [2.45, 2.75) is 6.04 Å². The minimum Gasteiger partial charge on any atom is -0.495 e. The third kappa shape index (κ3) is 2.28. The Hall–Kier alpha value is -0.480. The normalized spacial score (nSPS) is 20.8. The van der Waals surface area contributed by atoms with Crippen molar-refractivity contribution in [2.24, 2.45) is 0 Å². The van der Waals surface area contributed by atoms with E-state index < -0.39 is 0 Å². The summed E-state index contributed by atoms with van der Waals surface area (Å²) in [7, 11) is 1.58. The van der Waals surface area contributed by atoms with Crippen LogP contribution in [0.1, 0.15) is 11.6 Å². The molecule has 1 aliphatic heterocycles. The zero-order valence-corrected chi connectivity index (χ0v) is 10.5. The Balaban J connectivity index is 2.30. The monoisotopic (exact) mass is 260 g/mol. The highest BCUT2D eigenvalue weighted by molar-refractivity contribution is 6.43. The van der Waals surface area contributed by atoms with E-state index in [0.29, 0.717) is 15.8 Å². The summed E-state index contributed by atoms with van der Waals surface area (Å²) in [4.78, 5) is 0. The molecule has 0 aliphatic carbocycles. The molecule has 0 aromatic heterocycles. The molecule has 1 saturated heterocycles. The van der Waals surface area contributed by atoms with Crippen molar-refractivity contribution < 1.29 is 4.74 Å². The molecule has 0 saturated carbocycles. The van der Waals surface area contributed by atoms with Crippen LogP contribution in [0.5, 0.6) is 5.75 Å². The van der Waals surface area contributed by atoms with Gasteiger partial charge in [0.15, 0.2) is 0 Å². The number of benzene rings is 1. The lowest BCUT2D eigenvalue weighted by Crippen LogP contribution is -2.42. The lowest BCUT2D eigenvalue weighted by Gasteiger charge is -2.26. The van der Waals surface area contributed by atoms with Gasteiger partial charge < -0.3 is 15.4 Å². The summed E-state index contributed by atoms with van der Waals surface area (Å²) in [5, 5.41) is 7.76. The average molecular weight is 261 g/mol. The molecule has 1 aromatic carbocycles. The predicted molar refractivity (Wildman–Crippen MR) is 66.6 cm³/mol. The van der Waals surface area contributed by atoms with Crippen LogP contribution >= 0.6 is 23.2 Å². The molecule has 0 spiro atoms. The summed E-state index contributed by atoms with van der Waals surface area (Å²) < 4.78 is 5.12. The smallest absolute Gasteiger partial charge is 0.139 e. The number of ether oxygens (including phenoxy) is 1. The van der Waals surface area contributed by atoms with Gasteiger partial charge in [0.05, 0.1) is 12.1 Å². The van der Waals surface area contributed by atoms with Crippen molar-refractivity contribution >= 4 is 23.2 Å². The van der Waals surface area contributed by atoms with Crippen molar-refractivity contribution in [3.63, 3.8) is 0 Å². The van der Waals surface area contributed by atoms with Crippen LogP contribution in [0.15, 0.2) is 12.1 Å². The van der Waals surface area contributed by atoms with E-state index in [9.17, 15) is 0 Å². The molecule has 1 aromatic rings. The SMILES string of the molecule is COc1ccc(C2CNCCN2)c(Cl)c1Cl. The van der Waals surface area contributed by atoms with Crippen LogP contribution in [0, 0.1) is 0 Å². The molecule has 5 heteroatoms. The fourth-order valence-corrected chi connectivity index (χ4v) is 2.38. The van der Waals surface area contributed by atoms with Crippen LogP contribution in [0.25, 0.3) is 0 Å². The molecule has 3 nitrogen and oxygen atoms in total. The third-order valence-electron chi connectivity index (χ3n) is 2.71. The predicted octanol–water partition coefficient (Wildman–Crippen LogP) is 2.24. The maximum atomic E-state index is 6.23. The van der Waals surface area contributed by atoms with Crippen molar-refractivity contribution in [2.75, 3.05) is 26.7 Å². The Morgan fingerprint density at radius 3 is 2.69 bits per heavy atom. The fraction of sp³-hybridized carbons (Fsp3) is 0.455. The van der Waals surface area contributed by atoms with E-state index in [1.54, 1.807) is 7.11 Å². The van der Waals surface area contributed by atoms with Crippen molar-refractivity contribution in [1.29, 1.82) is 0 Å². The number of methoxy groups -OCH3 is 1. The van der Waals surface area contributed by atoms with Gasteiger partial charge in [-0.05, 0) is 11.6 Å². The Morgan fingerprint density at radius 1 is 1.25 bits per heavy atom. The molecular weight excluding hydrogens is 247 g/mol. The zero-order chi connectivity index (χ0) is 11.5. The van der Waals surface area contributed by atoms with Gasteiger partial charge in [0, 0.05) is 25.7 Å². The van der Waals surface area contributed by atoms with Gasteiger partial charge in [0.25, 0.3) is 0 Å². The number of hydrogen-bond donors (Lipinski definition) is 2. The molecule has 2 rings (SSSR count). The van der Waals surface area contributed by atoms with Crippen molar-refractivity contribution in [3.8, 4) is 5.75 Å². The summed E-state index contributed by atoms with van der Waals surface area (Å²) in [5.41, 5.74) is 1.01. The van der Waals surface area contributed by atoms with E-state index >= 15 is 0 Å². The molecule has 1 heterocycles. The molecule has 88 valence electrons. The molecule has 1 unspecified atom stereocenters. The second-order valence-corrected chi connectivity index (χ2v) is 4.45. The molecule has 0 radical (unpaired) electrons. The zero-order valence-electron chi connectivity index (χ0n) is 9.02. The third-order valence-corrected chi connectivity index (χ3v) is 3.59. The summed E-state index contributed by atoms with van der Waals surface area (Å²) in [6.07, 6.45) is 0. The molecule has 1 aliphatic rings. The average Bonchev–Trinajstić information content (AvgIpc) is 2.34. The number of nitrogens with one attached hydrogen (secondary N) is 2. The second-order valence-electron chi connectivity index (χ2n) is 3.70. The first-order valence-electron chi connectivity index (χ1n) is 5.20. The number of rotatable bonds is 2. The molecule has 0 bridgehead atoms. The largest absolute Gasteiger partial charge is 0.495 e. The lowest BCUT2D eigenvalue weighted by molar-refractivity contribution is 0.412. The van der Waals surface area contributed by atoms with Gasteiger partial charge in [-0.15, -0.1) is 0 Å². The fourth-order valence-electron chi connectivity index (χ4n) is 1.85. The lowest BCUT2D eigenvalue weighted by atomic mass is 10.1. The van der Waals surface area contributed by atoms with E-state index in [2.05, 4.69) is 10.6 Å². The summed E-state index contributed by atoms with van der Waals surface area (Å²) >= 11 is 12.3. The van der Waals surface area contributed by atoms with Gasteiger partial charge >= 0.3 is 0 Å². The van der Waals surface area contributed by atoms with E-state index in [4.69, 9.17) is 27.9 Å². The molecule has 0 amide bonds. The number of halogens is 2. The second kappa shape index (κ2) is 5.23.